The van der Waals surface area contributed by atoms with E-state index in [-0.39, 0.29) is 29.3 Å². The molecule has 0 bridgehead atoms. The van der Waals surface area contributed by atoms with E-state index in [0.29, 0.717) is 42.0 Å². The highest BCUT2D eigenvalue weighted by atomic mass is 35.5. The second kappa shape index (κ2) is 14.0. The van der Waals surface area contributed by atoms with Gasteiger partial charge < -0.3 is 19.6 Å². The number of allylic oxidation sites excluding steroid dienone is 2. The van der Waals surface area contributed by atoms with Gasteiger partial charge >= 0.3 is 5.97 Å². The van der Waals surface area contributed by atoms with Gasteiger partial charge in [-0.15, -0.1) is 11.6 Å². The van der Waals surface area contributed by atoms with Crippen molar-refractivity contribution in [3.63, 3.8) is 0 Å². The van der Waals surface area contributed by atoms with E-state index in [1.165, 1.54) is 19.4 Å². The number of pyridine rings is 1. The van der Waals surface area contributed by atoms with Crippen LogP contribution in [0.25, 0.3) is 16.7 Å². The normalized spacial score (nSPS) is 19.9. The van der Waals surface area contributed by atoms with Crippen molar-refractivity contribution >= 4 is 40.2 Å². The third-order valence-corrected chi connectivity index (χ3v) is 9.84. The topological polar surface area (TPSA) is 145 Å². The molecule has 1 aliphatic carbocycles. The van der Waals surface area contributed by atoms with Gasteiger partial charge in [-0.25, -0.2) is 9.37 Å². The number of nitriles is 1. The number of hydrogen-bond donors (Lipinski definition) is 2. The number of aryl methyl sites for hydroxylation is 1. The smallest absolute Gasteiger partial charge is 0.320 e. The Kier molecular flexibility index (Phi) is 9.75. The van der Waals surface area contributed by atoms with Crippen molar-refractivity contribution < 1.29 is 28.2 Å². The molecule has 1 fully saturated rings. The number of aromatic nitrogens is 2. The zero-order chi connectivity index (χ0) is 35.7. The van der Waals surface area contributed by atoms with Crippen LogP contribution in [0.2, 0.25) is 0 Å². The van der Waals surface area contributed by atoms with Crippen molar-refractivity contribution in [2.75, 3.05) is 27.2 Å². The molecule has 4 aromatic rings. The van der Waals surface area contributed by atoms with Crippen LogP contribution >= 0.6 is 11.6 Å². The minimum absolute atomic E-state index is 0.0139. The lowest BCUT2D eigenvalue weighted by Gasteiger charge is -2.36. The Labute approximate surface area is 293 Å². The SMILES string of the molecule is COc1cc(C(=O)NC2(c3nc4cc(CN5CC(F)C5)cc(C#N)c4o3)C=CC=C(c3ccccc3C)C2Cl)ncc1CN(C)C(C)C(=O)O. The molecule has 0 radical (unpaired) electrons. The lowest BCUT2D eigenvalue weighted by molar-refractivity contribution is -0.142. The number of fused-ring (bicyclic) bond motifs is 1. The third kappa shape index (κ3) is 6.59. The number of carboxylic acids is 1. The van der Waals surface area contributed by atoms with Crippen LogP contribution in [0.4, 0.5) is 4.39 Å². The van der Waals surface area contributed by atoms with Crippen LogP contribution in [0.5, 0.6) is 5.75 Å². The van der Waals surface area contributed by atoms with Gasteiger partial charge in [0.15, 0.2) is 11.1 Å². The van der Waals surface area contributed by atoms with Crippen molar-refractivity contribution in [1.29, 1.82) is 5.26 Å². The number of oxazole rings is 1. The molecule has 50 heavy (non-hydrogen) atoms. The quantitative estimate of drug-likeness (QED) is 0.197. The fraction of sp³-hybridized carbons (Fsp3) is 0.324. The average Bonchev–Trinajstić information content (AvgIpc) is 3.53. The summed E-state index contributed by atoms with van der Waals surface area (Å²) < 4.78 is 25.4. The van der Waals surface area contributed by atoms with Crippen molar-refractivity contribution in [3.05, 3.63) is 106 Å². The van der Waals surface area contributed by atoms with Crippen LogP contribution in [0.1, 0.15) is 51.1 Å². The molecular weight excluding hydrogens is 663 g/mol. The molecule has 0 spiro atoms. The van der Waals surface area contributed by atoms with E-state index in [4.69, 9.17) is 25.7 Å². The van der Waals surface area contributed by atoms with Gasteiger partial charge in [0.1, 0.15) is 35.2 Å². The summed E-state index contributed by atoms with van der Waals surface area (Å²) in [6.45, 7) is 4.84. The fourth-order valence-electron chi connectivity index (χ4n) is 6.26. The van der Waals surface area contributed by atoms with Gasteiger partial charge in [0, 0.05) is 44.0 Å². The summed E-state index contributed by atoms with van der Waals surface area (Å²) in [5.41, 5.74) is 3.28. The molecule has 3 atom stereocenters. The van der Waals surface area contributed by atoms with E-state index in [1.54, 1.807) is 43.2 Å². The number of carbonyl (C=O) groups is 2. The van der Waals surface area contributed by atoms with E-state index in [0.717, 1.165) is 16.7 Å². The maximum absolute atomic E-state index is 14.1. The van der Waals surface area contributed by atoms with Crippen LogP contribution in [-0.2, 0) is 23.4 Å². The molecule has 6 rings (SSSR count). The zero-order valence-corrected chi connectivity index (χ0v) is 28.7. The minimum Gasteiger partial charge on any atom is -0.496 e. The highest BCUT2D eigenvalue weighted by Crippen LogP contribution is 2.43. The highest BCUT2D eigenvalue weighted by molar-refractivity contribution is 6.28. The number of aliphatic carboxylic acids is 1. The summed E-state index contributed by atoms with van der Waals surface area (Å²) in [6, 6.07) is 14.1. The number of ether oxygens (including phenoxy) is 1. The van der Waals surface area contributed by atoms with Crippen LogP contribution in [0.3, 0.4) is 0 Å². The second-order valence-corrected chi connectivity index (χ2v) is 13.1. The molecule has 2 aromatic carbocycles. The number of methoxy groups -OCH3 is 1. The molecule has 1 aliphatic heterocycles. The average molecular weight is 699 g/mol. The Morgan fingerprint density at radius 2 is 2.06 bits per heavy atom. The zero-order valence-electron chi connectivity index (χ0n) is 28.0. The summed E-state index contributed by atoms with van der Waals surface area (Å²) in [7, 11) is 3.13. The summed E-state index contributed by atoms with van der Waals surface area (Å²) in [5, 5.41) is 21.6. The number of amides is 1. The molecule has 0 saturated carbocycles. The van der Waals surface area contributed by atoms with Gasteiger partial charge in [0.05, 0.1) is 18.1 Å². The van der Waals surface area contributed by atoms with E-state index < -0.39 is 35.0 Å². The van der Waals surface area contributed by atoms with E-state index in [2.05, 4.69) is 16.4 Å². The van der Waals surface area contributed by atoms with Crippen LogP contribution in [-0.4, -0.2) is 81.6 Å². The van der Waals surface area contributed by atoms with Crippen molar-refractivity contribution in [1.82, 2.24) is 25.1 Å². The first-order chi connectivity index (χ1) is 23.9. The lowest BCUT2D eigenvalue weighted by atomic mass is 9.81. The number of benzene rings is 2. The number of rotatable bonds is 11. The van der Waals surface area contributed by atoms with Gasteiger partial charge in [-0.3, -0.25) is 24.4 Å². The summed E-state index contributed by atoms with van der Waals surface area (Å²) in [5.74, 6) is -1.17. The van der Waals surface area contributed by atoms with Crippen molar-refractivity contribution in [3.8, 4) is 11.8 Å². The molecule has 2 aliphatic rings. The number of nitrogens with zero attached hydrogens (tertiary/aromatic N) is 5. The number of carbonyl (C=O) groups excluding carboxylic acids is 1. The molecule has 3 heterocycles. The number of likely N-dealkylation sites (tertiary alicyclic amines) is 1. The Hall–Kier alpha value is -5.09. The Morgan fingerprint density at radius 3 is 2.74 bits per heavy atom. The molecule has 2 aromatic heterocycles. The molecule has 1 saturated heterocycles. The van der Waals surface area contributed by atoms with Crippen molar-refractivity contribution in [2.24, 2.45) is 0 Å². The van der Waals surface area contributed by atoms with Gasteiger partial charge in [-0.1, -0.05) is 36.4 Å². The van der Waals surface area contributed by atoms with Crippen LogP contribution in [0.15, 0.2) is 71.3 Å². The first-order valence-corrected chi connectivity index (χ1v) is 16.5. The monoisotopic (exact) mass is 698 g/mol. The highest BCUT2D eigenvalue weighted by Gasteiger charge is 2.47. The molecular formula is C37H36ClFN6O5. The third-order valence-electron chi connectivity index (χ3n) is 9.26. The largest absolute Gasteiger partial charge is 0.496 e. The number of halogens is 2. The molecule has 3 unspecified atom stereocenters. The number of hydrogen-bond acceptors (Lipinski definition) is 9. The van der Waals surface area contributed by atoms with Gasteiger partial charge in [0.25, 0.3) is 5.91 Å². The van der Waals surface area contributed by atoms with E-state index in [9.17, 15) is 24.3 Å². The fourth-order valence-corrected chi connectivity index (χ4v) is 6.67. The van der Waals surface area contributed by atoms with E-state index >= 15 is 0 Å². The number of nitrogens with one attached hydrogen (secondary N) is 1. The molecule has 2 N–H and O–H groups in total. The van der Waals surface area contributed by atoms with Gasteiger partial charge in [-0.05, 0) is 61.4 Å². The first-order valence-electron chi connectivity index (χ1n) is 16.0. The van der Waals surface area contributed by atoms with Gasteiger partial charge in [-0.2, -0.15) is 5.26 Å². The number of likely N-dealkylation sites (N-methyl/N-ethyl adjacent to an activating group) is 1. The minimum atomic E-state index is -1.54. The maximum atomic E-state index is 14.1. The summed E-state index contributed by atoms with van der Waals surface area (Å²) in [4.78, 5) is 38.4. The Bertz CT molecular complexity index is 2070. The lowest BCUT2D eigenvalue weighted by Crippen LogP contribution is -2.52. The molecule has 11 nitrogen and oxygen atoms in total. The maximum Gasteiger partial charge on any atom is 0.320 e. The molecule has 13 heteroatoms. The van der Waals surface area contributed by atoms with Crippen LogP contribution < -0.4 is 10.1 Å². The second-order valence-electron chi connectivity index (χ2n) is 12.7. The number of alkyl halides is 2. The first kappa shape index (κ1) is 34.8. The van der Waals surface area contributed by atoms with Gasteiger partial charge in [0.2, 0.25) is 5.89 Å². The van der Waals surface area contributed by atoms with E-state index in [1.807, 2.05) is 42.2 Å². The summed E-state index contributed by atoms with van der Waals surface area (Å²) in [6.07, 6.45) is 5.97. The Morgan fingerprint density at radius 1 is 1.30 bits per heavy atom. The molecule has 1 amide bonds. The molecule has 258 valence electrons. The standard InChI is InChI=1S/C37H36ClFN6O5/c1-21-8-5-6-9-27(21)28-10-7-11-37(33(28)38,36-42-29-13-23(17-45-19-26(39)20-45)12-24(15-40)32(29)50-36)43-34(46)30-14-31(49-4)25(16-41-30)18-44(3)22(2)35(47)48/h5-14,16,22,26,33H,17-20H2,1-4H3,(H,43,46)(H,47,48). The van der Waals surface area contributed by atoms with Crippen LogP contribution in [0, 0.1) is 18.3 Å². The predicted molar refractivity (Wildman–Crippen MR) is 185 cm³/mol. The van der Waals surface area contributed by atoms with Crippen molar-refractivity contribution in [2.45, 2.75) is 50.1 Å². The number of carboxylic acid groups (broad SMARTS) is 1. The Balaban J connectivity index is 1.40. The predicted octanol–water partition coefficient (Wildman–Crippen LogP) is 5.36. The summed E-state index contributed by atoms with van der Waals surface area (Å²) >= 11 is 7.38.